The van der Waals surface area contributed by atoms with Gasteiger partial charge in [0.05, 0.1) is 6.26 Å². The fourth-order valence-electron chi connectivity index (χ4n) is 2.19. The second-order valence-corrected chi connectivity index (χ2v) is 7.35. The van der Waals surface area contributed by atoms with Gasteiger partial charge in [0.15, 0.2) is 0 Å². The third-order valence-corrected chi connectivity index (χ3v) is 4.19. The summed E-state index contributed by atoms with van der Waals surface area (Å²) in [5.74, 6) is -0.278. The Morgan fingerprint density at radius 2 is 1.85 bits per heavy atom. The molecule has 0 bridgehead atoms. The SMILES string of the molecule is CNC(=O)c1ccc(O[C@@H](COS(C)(=O)=O)c2ccc(C)c(F)c2)cc1. The van der Waals surface area contributed by atoms with Gasteiger partial charge in [-0.05, 0) is 48.4 Å². The van der Waals surface area contributed by atoms with Gasteiger partial charge in [-0.3, -0.25) is 8.98 Å². The summed E-state index contributed by atoms with van der Waals surface area (Å²) >= 11 is 0. The fourth-order valence-corrected chi connectivity index (χ4v) is 2.56. The summed E-state index contributed by atoms with van der Waals surface area (Å²) in [5.41, 5.74) is 1.35. The Labute approximate surface area is 152 Å². The summed E-state index contributed by atoms with van der Waals surface area (Å²) in [6.07, 6.45) is 0.0865. The minimum atomic E-state index is -3.69. The molecule has 8 heteroatoms. The Morgan fingerprint density at radius 3 is 2.38 bits per heavy atom. The molecule has 1 amide bonds. The van der Waals surface area contributed by atoms with E-state index in [1.807, 2.05) is 0 Å². The van der Waals surface area contributed by atoms with E-state index in [1.165, 1.54) is 13.1 Å². The molecular weight excluding hydrogens is 361 g/mol. The molecule has 0 spiro atoms. The van der Waals surface area contributed by atoms with Crippen LogP contribution in [0.3, 0.4) is 0 Å². The molecule has 1 atom stereocenters. The summed E-state index contributed by atoms with van der Waals surface area (Å²) in [4.78, 5) is 11.6. The van der Waals surface area contributed by atoms with E-state index in [0.29, 0.717) is 22.4 Å². The maximum atomic E-state index is 13.9. The van der Waals surface area contributed by atoms with Crippen LogP contribution >= 0.6 is 0 Å². The average molecular weight is 381 g/mol. The van der Waals surface area contributed by atoms with Crippen molar-refractivity contribution < 1.29 is 26.5 Å². The minimum Gasteiger partial charge on any atom is -0.483 e. The van der Waals surface area contributed by atoms with Crippen LogP contribution in [-0.2, 0) is 14.3 Å². The van der Waals surface area contributed by atoms with Gasteiger partial charge in [0.2, 0.25) is 0 Å². The highest BCUT2D eigenvalue weighted by Crippen LogP contribution is 2.25. The molecule has 0 saturated heterocycles. The maximum Gasteiger partial charge on any atom is 0.264 e. The Bertz CT molecular complexity index is 881. The lowest BCUT2D eigenvalue weighted by Crippen LogP contribution is -2.19. The molecule has 0 radical (unpaired) electrons. The van der Waals surface area contributed by atoms with Gasteiger partial charge in [0.1, 0.15) is 24.3 Å². The van der Waals surface area contributed by atoms with E-state index in [-0.39, 0.29) is 12.5 Å². The third kappa shape index (κ3) is 5.53. The topological polar surface area (TPSA) is 81.7 Å². The van der Waals surface area contributed by atoms with Gasteiger partial charge in [0, 0.05) is 12.6 Å². The summed E-state index contributed by atoms with van der Waals surface area (Å²) in [6, 6.07) is 10.8. The highest BCUT2D eigenvalue weighted by Gasteiger charge is 2.18. The van der Waals surface area contributed by atoms with Gasteiger partial charge in [-0.2, -0.15) is 8.42 Å². The molecule has 0 saturated carbocycles. The maximum absolute atomic E-state index is 13.9. The number of hydrogen-bond donors (Lipinski definition) is 1. The van der Waals surface area contributed by atoms with Crippen molar-refractivity contribution in [2.75, 3.05) is 19.9 Å². The Morgan fingerprint density at radius 1 is 1.19 bits per heavy atom. The van der Waals surface area contributed by atoms with Crippen molar-refractivity contribution in [3.05, 3.63) is 65.0 Å². The van der Waals surface area contributed by atoms with Crippen LogP contribution in [0.25, 0.3) is 0 Å². The van der Waals surface area contributed by atoms with Gasteiger partial charge in [-0.25, -0.2) is 4.39 Å². The summed E-state index contributed by atoms with van der Waals surface area (Å²) < 4.78 is 47.1. The number of benzene rings is 2. The number of halogens is 1. The summed E-state index contributed by atoms with van der Waals surface area (Å²) in [6.45, 7) is 1.32. The van der Waals surface area contributed by atoms with Crippen molar-refractivity contribution >= 4 is 16.0 Å². The molecule has 2 aromatic carbocycles. The first-order valence-corrected chi connectivity index (χ1v) is 9.60. The third-order valence-electron chi connectivity index (χ3n) is 3.62. The number of carbonyl (C=O) groups excluding carboxylic acids is 1. The minimum absolute atomic E-state index is 0.242. The molecular formula is C18H20FNO5S. The highest BCUT2D eigenvalue weighted by molar-refractivity contribution is 7.85. The Kier molecular flexibility index (Phi) is 6.33. The zero-order valence-electron chi connectivity index (χ0n) is 14.7. The number of amides is 1. The molecule has 0 unspecified atom stereocenters. The van der Waals surface area contributed by atoms with Crippen LogP contribution < -0.4 is 10.1 Å². The lowest BCUT2D eigenvalue weighted by molar-refractivity contribution is 0.0962. The normalized spacial score (nSPS) is 12.5. The number of carbonyl (C=O) groups is 1. The van der Waals surface area contributed by atoms with E-state index in [0.717, 1.165) is 6.26 Å². The van der Waals surface area contributed by atoms with E-state index in [2.05, 4.69) is 5.32 Å². The van der Waals surface area contributed by atoms with Crippen LogP contribution in [0.1, 0.15) is 27.6 Å². The van der Waals surface area contributed by atoms with E-state index < -0.39 is 22.0 Å². The van der Waals surface area contributed by atoms with Gasteiger partial charge in [0.25, 0.3) is 16.0 Å². The molecule has 6 nitrogen and oxygen atoms in total. The highest BCUT2D eigenvalue weighted by atomic mass is 32.2. The molecule has 0 aliphatic carbocycles. The first-order valence-electron chi connectivity index (χ1n) is 7.79. The molecule has 0 fully saturated rings. The number of aryl methyl sites for hydroxylation is 1. The van der Waals surface area contributed by atoms with Crippen molar-refractivity contribution in [3.63, 3.8) is 0 Å². The quantitative estimate of drug-likeness (QED) is 0.746. The van der Waals surface area contributed by atoms with Crippen LogP contribution in [0.15, 0.2) is 42.5 Å². The van der Waals surface area contributed by atoms with Crippen LogP contribution in [0.2, 0.25) is 0 Å². The first-order chi connectivity index (χ1) is 12.2. The largest absolute Gasteiger partial charge is 0.483 e. The number of rotatable bonds is 7. The van der Waals surface area contributed by atoms with Crippen molar-refractivity contribution in [2.24, 2.45) is 0 Å². The van der Waals surface area contributed by atoms with Crippen molar-refractivity contribution in [3.8, 4) is 5.75 Å². The second-order valence-electron chi connectivity index (χ2n) is 5.71. The molecule has 0 heterocycles. The van der Waals surface area contributed by atoms with Crippen LogP contribution in [0, 0.1) is 12.7 Å². The Hall–Kier alpha value is -2.45. The van der Waals surface area contributed by atoms with Crippen LogP contribution in [0.4, 0.5) is 4.39 Å². The Balaban J connectivity index is 2.25. The number of hydrogen-bond acceptors (Lipinski definition) is 5. The first kappa shape index (κ1) is 19.9. The fraction of sp³-hybridized carbons (Fsp3) is 0.278. The van der Waals surface area contributed by atoms with Gasteiger partial charge < -0.3 is 10.1 Å². The number of nitrogens with one attached hydrogen (secondary N) is 1. The molecule has 0 aliphatic heterocycles. The molecule has 2 rings (SSSR count). The predicted octanol–water partition coefficient (Wildman–Crippen LogP) is 2.59. The van der Waals surface area contributed by atoms with E-state index in [1.54, 1.807) is 43.3 Å². The predicted molar refractivity (Wildman–Crippen MR) is 95.1 cm³/mol. The smallest absolute Gasteiger partial charge is 0.264 e. The van der Waals surface area contributed by atoms with Crippen molar-refractivity contribution in [1.82, 2.24) is 5.32 Å². The standard InChI is InChI=1S/C18H20FNO5S/c1-12-4-5-14(10-16(12)19)17(11-24-26(3,22)23)25-15-8-6-13(7-9-15)18(21)20-2/h4-10,17H,11H2,1-3H3,(H,20,21)/t17-/m0/s1. The van der Waals surface area contributed by atoms with Gasteiger partial charge in [-0.1, -0.05) is 12.1 Å². The van der Waals surface area contributed by atoms with Crippen molar-refractivity contribution in [1.29, 1.82) is 0 Å². The summed E-state index contributed by atoms with van der Waals surface area (Å²) in [5, 5.41) is 2.51. The van der Waals surface area contributed by atoms with Gasteiger partial charge in [-0.15, -0.1) is 0 Å². The van der Waals surface area contributed by atoms with E-state index in [9.17, 15) is 17.6 Å². The molecule has 140 valence electrons. The summed E-state index contributed by atoms with van der Waals surface area (Å²) in [7, 11) is -2.16. The zero-order valence-corrected chi connectivity index (χ0v) is 15.5. The molecule has 1 N–H and O–H groups in total. The van der Waals surface area contributed by atoms with Crippen LogP contribution in [0.5, 0.6) is 5.75 Å². The average Bonchev–Trinajstić information content (AvgIpc) is 2.60. The molecule has 26 heavy (non-hydrogen) atoms. The molecule has 0 aromatic heterocycles. The number of ether oxygens (including phenoxy) is 1. The van der Waals surface area contributed by atoms with E-state index in [4.69, 9.17) is 8.92 Å². The lowest BCUT2D eigenvalue weighted by Gasteiger charge is -2.19. The molecule has 2 aromatic rings. The van der Waals surface area contributed by atoms with Crippen molar-refractivity contribution in [2.45, 2.75) is 13.0 Å². The second kappa shape index (κ2) is 8.29. The molecule has 0 aliphatic rings. The van der Waals surface area contributed by atoms with Gasteiger partial charge >= 0.3 is 0 Å². The lowest BCUT2D eigenvalue weighted by atomic mass is 10.1. The van der Waals surface area contributed by atoms with E-state index >= 15 is 0 Å². The monoisotopic (exact) mass is 381 g/mol. The zero-order chi connectivity index (χ0) is 19.3. The van der Waals surface area contributed by atoms with Crippen LogP contribution in [-0.4, -0.2) is 34.2 Å².